The van der Waals surface area contributed by atoms with Gasteiger partial charge < -0.3 is 4.74 Å². The van der Waals surface area contributed by atoms with Crippen molar-refractivity contribution in [3.05, 3.63) is 241 Å². The average Bonchev–Trinajstić information content (AvgIpc) is 3.28. The predicted molar refractivity (Wildman–Crippen MR) is 241 cm³/mol. The molecule has 3 nitrogen and oxygen atoms in total. The van der Waals surface area contributed by atoms with E-state index in [1.165, 1.54) is 79.4 Å². The first-order chi connectivity index (χ1) is 29.2. The third-order valence-corrected chi connectivity index (χ3v) is 15.9. The molecule has 7 aromatic rings. The summed E-state index contributed by atoms with van der Waals surface area (Å²) in [6, 6.07) is 58.8. The van der Waals surface area contributed by atoms with Crippen LogP contribution in [0.2, 0.25) is 0 Å². The molecule has 6 aliphatic carbocycles. The van der Waals surface area contributed by atoms with E-state index in [4.69, 9.17) is 4.74 Å². The first-order valence-electron chi connectivity index (χ1n) is 21.3. The molecule has 0 fully saturated rings. The molecule has 0 saturated carbocycles. The van der Waals surface area contributed by atoms with Crippen LogP contribution in [0, 0.1) is 0 Å². The van der Waals surface area contributed by atoms with Gasteiger partial charge in [-0.2, -0.15) is 0 Å². The zero-order valence-corrected chi connectivity index (χ0v) is 35.4. The molecule has 0 saturated heterocycles. The van der Waals surface area contributed by atoms with E-state index in [2.05, 4.69) is 178 Å². The van der Waals surface area contributed by atoms with E-state index in [1.807, 2.05) is 0 Å². The van der Waals surface area contributed by atoms with Gasteiger partial charge in [0.2, 0.25) is 0 Å². The second-order valence-corrected chi connectivity index (χ2v) is 19.8. The summed E-state index contributed by atoms with van der Waals surface area (Å²) in [4.78, 5) is 13.7. The standard InChI is InChI=1S/C56H48O3S/c1-54(2,3)37-31-35(33-55-44-23-11-5-17-38(44)51(39-18-6-12-24-45(39)55)40-19-7-13-25-46(40)55)53(60(58)30-29-50(57)59-4)36(32-37)34-56-47-26-14-8-20-41(47)52(42-21-9-15-27-48(42)56)43-22-10-16-28-49(43)56/h5-28,31-32,51-52H,29-30,33-34H2,1-4H3. The Morgan fingerprint density at radius 3 is 1.12 bits per heavy atom. The molecule has 0 spiro atoms. The Hall–Kier alpha value is -5.84. The number of esters is 1. The lowest BCUT2D eigenvalue weighted by molar-refractivity contribution is -0.140. The fourth-order valence-electron chi connectivity index (χ4n) is 12.0. The van der Waals surface area contributed by atoms with Crippen LogP contribution >= 0.6 is 0 Å². The molecule has 6 aliphatic rings. The first-order valence-corrected chi connectivity index (χ1v) is 22.7. The van der Waals surface area contributed by atoms with Crippen LogP contribution in [0.5, 0.6) is 0 Å². The zero-order valence-electron chi connectivity index (χ0n) is 34.6. The predicted octanol–water partition coefficient (Wildman–Crippen LogP) is 11.4. The molecule has 4 bridgehead atoms. The van der Waals surface area contributed by atoms with Crippen molar-refractivity contribution in [1.82, 2.24) is 0 Å². The van der Waals surface area contributed by atoms with Crippen LogP contribution in [0.15, 0.2) is 163 Å². The van der Waals surface area contributed by atoms with Gasteiger partial charge in [-0.1, -0.05) is 178 Å². The van der Waals surface area contributed by atoms with Crippen LogP contribution in [0.25, 0.3) is 0 Å². The third kappa shape index (κ3) is 5.13. The van der Waals surface area contributed by atoms with E-state index in [0.29, 0.717) is 12.8 Å². The molecule has 7 aromatic carbocycles. The second kappa shape index (κ2) is 13.6. The average molecular weight is 801 g/mol. The van der Waals surface area contributed by atoms with Crippen LogP contribution in [0.1, 0.15) is 122 Å². The van der Waals surface area contributed by atoms with E-state index in [-0.39, 0.29) is 35.4 Å². The molecule has 60 heavy (non-hydrogen) atoms. The summed E-state index contributed by atoms with van der Waals surface area (Å²) in [5.74, 6) is 0.140. The van der Waals surface area contributed by atoms with E-state index in [0.717, 1.165) is 16.0 Å². The van der Waals surface area contributed by atoms with Crippen LogP contribution in [0.3, 0.4) is 0 Å². The number of hydrogen-bond acceptors (Lipinski definition) is 3. The summed E-state index contributed by atoms with van der Waals surface area (Å²) in [5, 5.41) is 0. The lowest BCUT2D eigenvalue weighted by atomic mass is 9.51. The number of rotatable bonds is 8. The molecule has 1 atom stereocenters. The highest BCUT2D eigenvalue weighted by atomic mass is 32.2. The van der Waals surface area contributed by atoms with Crippen molar-refractivity contribution in [3.63, 3.8) is 0 Å². The Morgan fingerprint density at radius 2 is 0.833 bits per heavy atom. The first kappa shape index (κ1) is 37.2. The monoisotopic (exact) mass is 800 g/mol. The van der Waals surface area contributed by atoms with Gasteiger partial charge in [0.25, 0.3) is 0 Å². The Labute approximate surface area is 356 Å². The minimum Gasteiger partial charge on any atom is -0.469 e. The normalized spacial score (nSPS) is 21.5. The van der Waals surface area contributed by atoms with Crippen molar-refractivity contribution in [2.75, 3.05) is 12.9 Å². The largest absolute Gasteiger partial charge is 0.469 e. The highest BCUT2D eigenvalue weighted by Gasteiger charge is 2.54. The maximum atomic E-state index is 15.5. The van der Waals surface area contributed by atoms with Crippen molar-refractivity contribution in [2.45, 2.75) is 73.0 Å². The highest BCUT2D eigenvalue weighted by Crippen LogP contribution is 2.62. The van der Waals surface area contributed by atoms with E-state index in [1.54, 1.807) is 0 Å². The molecule has 4 heteroatoms. The van der Waals surface area contributed by atoms with Crippen LogP contribution in [-0.4, -0.2) is 23.0 Å². The van der Waals surface area contributed by atoms with Crippen molar-refractivity contribution in [1.29, 1.82) is 0 Å². The molecule has 13 rings (SSSR count). The maximum absolute atomic E-state index is 15.5. The molecule has 0 aromatic heterocycles. The van der Waals surface area contributed by atoms with Crippen LogP contribution in [-0.2, 0) is 49.4 Å². The summed E-state index contributed by atoms with van der Waals surface area (Å²) in [6.45, 7) is 6.87. The summed E-state index contributed by atoms with van der Waals surface area (Å²) >= 11 is 0. The number of methoxy groups -OCH3 is 1. The number of carbonyl (C=O) groups is 1. The van der Waals surface area contributed by atoms with E-state index < -0.39 is 21.6 Å². The summed E-state index contributed by atoms with van der Waals surface area (Å²) in [7, 11) is -0.122. The van der Waals surface area contributed by atoms with E-state index >= 15 is 4.21 Å². The number of carbonyl (C=O) groups excluding carboxylic acids is 1. The van der Waals surface area contributed by atoms with Gasteiger partial charge in [-0.25, -0.2) is 0 Å². The van der Waals surface area contributed by atoms with Gasteiger partial charge in [-0.15, -0.1) is 0 Å². The van der Waals surface area contributed by atoms with Crippen LogP contribution < -0.4 is 0 Å². The van der Waals surface area contributed by atoms with Gasteiger partial charge in [-0.3, -0.25) is 9.00 Å². The van der Waals surface area contributed by atoms with Crippen molar-refractivity contribution >= 4 is 16.8 Å². The fraction of sp³-hybridized carbons (Fsp3) is 0.232. The lowest BCUT2D eigenvalue weighted by Crippen LogP contribution is -2.44. The number of ether oxygens (including phenoxy) is 1. The molecular formula is C56H48O3S. The van der Waals surface area contributed by atoms with Gasteiger partial charge in [0.15, 0.2) is 0 Å². The van der Waals surface area contributed by atoms with Gasteiger partial charge in [0.05, 0.1) is 35.2 Å². The van der Waals surface area contributed by atoms with Gasteiger partial charge in [0, 0.05) is 22.5 Å². The smallest absolute Gasteiger partial charge is 0.306 e. The lowest BCUT2D eigenvalue weighted by Gasteiger charge is -2.52. The molecular weight excluding hydrogens is 753 g/mol. The quantitative estimate of drug-likeness (QED) is 0.144. The second-order valence-electron chi connectivity index (χ2n) is 18.3. The van der Waals surface area contributed by atoms with Crippen LogP contribution in [0.4, 0.5) is 0 Å². The fourth-order valence-corrected chi connectivity index (χ4v) is 13.4. The minimum absolute atomic E-state index is 0.0751. The molecule has 296 valence electrons. The summed E-state index contributed by atoms with van der Waals surface area (Å²) < 4.78 is 20.7. The zero-order chi connectivity index (χ0) is 41.0. The van der Waals surface area contributed by atoms with Gasteiger partial charge in [0.1, 0.15) is 0 Å². The van der Waals surface area contributed by atoms with Crippen molar-refractivity contribution < 1.29 is 13.7 Å². The van der Waals surface area contributed by atoms with Crippen molar-refractivity contribution in [3.8, 4) is 0 Å². The highest BCUT2D eigenvalue weighted by molar-refractivity contribution is 7.85. The molecule has 0 amide bonds. The SMILES string of the molecule is COC(=O)CCS(=O)c1c(CC23c4ccccc4C(c4ccccc42)c2ccccc23)cc(C(C)(C)C)cc1CC12c3ccccc3C(c3ccccc31)c1ccccc12. The van der Waals surface area contributed by atoms with Gasteiger partial charge >= 0.3 is 5.97 Å². The summed E-state index contributed by atoms with van der Waals surface area (Å²) in [6.07, 6.45) is 1.32. The number of benzene rings is 7. The topological polar surface area (TPSA) is 43.4 Å². The third-order valence-electron chi connectivity index (χ3n) is 14.4. The maximum Gasteiger partial charge on any atom is 0.306 e. The van der Waals surface area contributed by atoms with E-state index in [9.17, 15) is 4.79 Å². The Balaban J connectivity index is 1.21. The molecule has 0 radical (unpaired) electrons. The molecule has 1 unspecified atom stereocenters. The Bertz CT molecular complexity index is 2530. The Morgan fingerprint density at radius 1 is 0.533 bits per heavy atom. The molecule has 0 N–H and O–H groups in total. The van der Waals surface area contributed by atoms with Gasteiger partial charge in [-0.05, 0) is 102 Å². The van der Waals surface area contributed by atoms with Crippen molar-refractivity contribution in [2.24, 2.45) is 0 Å². The summed E-state index contributed by atoms with van der Waals surface area (Å²) in [5.41, 5.74) is 18.1. The Kier molecular flexibility index (Phi) is 8.42. The molecule has 0 aliphatic heterocycles. The molecule has 0 heterocycles. The number of hydrogen-bond donors (Lipinski definition) is 0. The minimum atomic E-state index is -1.54.